The molecule has 6 heteroatoms. The van der Waals surface area contributed by atoms with Gasteiger partial charge in [-0.25, -0.2) is 9.97 Å². The van der Waals surface area contributed by atoms with Crippen LogP contribution >= 0.6 is 15.9 Å². The van der Waals surface area contributed by atoms with E-state index >= 15 is 0 Å². The Balaban J connectivity index is 2.07. The molecule has 2 N–H and O–H groups in total. The maximum absolute atomic E-state index is 12.1. The van der Waals surface area contributed by atoms with Crippen molar-refractivity contribution in [2.45, 2.75) is 20.3 Å². The molecule has 2 rings (SSSR count). The van der Waals surface area contributed by atoms with Gasteiger partial charge in [0.25, 0.3) is 5.91 Å². The van der Waals surface area contributed by atoms with Gasteiger partial charge in [0.1, 0.15) is 11.5 Å². The Kier molecular flexibility index (Phi) is 5.27. The number of rotatable bonds is 5. The summed E-state index contributed by atoms with van der Waals surface area (Å²) in [7, 11) is 0. The highest BCUT2D eigenvalue weighted by atomic mass is 79.9. The third kappa shape index (κ3) is 4.26. The normalized spacial score (nSPS) is 10.2. The molecule has 0 radical (unpaired) electrons. The van der Waals surface area contributed by atoms with Crippen LogP contribution in [0.5, 0.6) is 0 Å². The monoisotopic (exact) mass is 348 g/mol. The van der Waals surface area contributed by atoms with Crippen molar-refractivity contribution in [2.24, 2.45) is 0 Å². The zero-order valence-corrected chi connectivity index (χ0v) is 13.6. The van der Waals surface area contributed by atoms with E-state index < -0.39 is 0 Å². The van der Waals surface area contributed by atoms with E-state index in [1.165, 1.54) is 6.20 Å². The Morgan fingerprint density at radius 3 is 2.76 bits per heavy atom. The van der Waals surface area contributed by atoms with Crippen LogP contribution in [-0.2, 0) is 0 Å². The Hall–Kier alpha value is -1.95. The zero-order valence-electron chi connectivity index (χ0n) is 12.0. The van der Waals surface area contributed by atoms with Crippen molar-refractivity contribution < 1.29 is 4.79 Å². The van der Waals surface area contributed by atoms with Gasteiger partial charge in [0, 0.05) is 11.0 Å². The van der Waals surface area contributed by atoms with Gasteiger partial charge in [0.2, 0.25) is 0 Å². The molecule has 0 saturated carbocycles. The average molecular weight is 349 g/mol. The first-order valence-corrected chi connectivity index (χ1v) is 7.53. The quantitative estimate of drug-likeness (QED) is 0.865. The van der Waals surface area contributed by atoms with Gasteiger partial charge in [0.05, 0.1) is 18.1 Å². The van der Waals surface area contributed by atoms with Crippen molar-refractivity contribution in [3.05, 3.63) is 46.3 Å². The number of halogens is 1. The average Bonchev–Trinajstić information content (AvgIpc) is 2.49. The second-order valence-electron chi connectivity index (χ2n) is 4.65. The summed E-state index contributed by atoms with van der Waals surface area (Å²) < 4.78 is 0.829. The fraction of sp³-hybridized carbons (Fsp3) is 0.267. The van der Waals surface area contributed by atoms with Gasteiger partial charge in [-0.15, -0.1) is 0 Å². The van der Waals surface area contributed by atoms with Crippen LogP contribution in [0.1, 0.15) is 29.4 Å². The lowest BCUT2D eigenvalue weighted by atomic mass is 10.2. The standard InChI is InChI=1S/C15H17BrN4O/c1-3-6-17-14-9-18-13(8-19-14)15(21)20-12-7-10(2)4-5-11(12)16/h4-5,7-9H,3,6H2,1-2H3,(H,17,19)(H,20,21). The van der Waals surface area contributed by atoms with Crippen LogP contribution in [0.3, 0.4) is 0 Å². The summed E-state index contributed by atoms with van der Waals surface area (Å²) in [5, 5.41) is 5.94. The number of carbonyl (C=O) groups is 1. The molecule has 0 saturated heterocycles. The van der Waals surface area contributed by atoms with Crippen molar-refractivity contribution in [1.82, 2.24) is 9.97 Å². The zero-order chi connectivity index (χ0) is 15.2. The van der Waals surface area contributed by atoms with Crippen molar-refractivity contribution in [3.63, 3.8) is 0 Å². The number of hydrogen-bond donors (Lipinski definition) is 2. The molecule has 0 unspecified atom stereocenters. The second kappa shape index (κ2) is 7.17. The first-order chi connectivity index (χ1) is 10.1. The molecule has 0 bridgehead atoms. The first kappa shape index (κ1) is 15.4. The van der Waals surface area contributed by atoms with Crippen LogP contribution in [0.15, 0.2) is 35.1 Å². The second-order valence-corrected chi connectivity index (χ2v) is 5.51. The number of hydrogen-bond acceptors (Lipinski definition) is 4. The maximum Gasteiger partial charge on any atom is 0.275 e. The van der Waals surface area contributed by atoms with Gasteiger partial charge >= 0.3 is 0 Å². The third-order valence-electron chi connectivity index (χ3n) is 2.81. The molecule has 0 atom stereocenters. The highest BCUT2D eigenvalue weighted by Gasteiger charge is 2.10. The van der Waals surface area contributed by atoms with Gasteiger partial charge in [-0.3, -0.25) is 4.79 Å². The van der Waals surface area contributed by atoms with Gasteiger partial charge in [-0.1, -0.05) is 13.0 Å². The van der Waals surface area contributed by atoms with Crippen LogP contribution in [-0.4, -0.2) is 22.4 Å². The lowest BCUT2D eigenvalue weighted by Crippen LogP contribution is -2.15. The van der Waals surface area contributed by atoms with E-state index in [1.807, 2.05) is 25.1 Å². The number of carbonyl (C=O) groups excluding carboxylic acids is 1. The molecule has 1 aromatic heterocycles. The van der Waals surface area contributed by atoms with Crippen LogP contribution < -0.4 is 10.6 Å². The molecule has 21 heavy (non-hydrogen) atoms. The molecule has 1 amide bonds. The molecule has 0 aliphatic rings. The van der Waals surface area contributed by atoms with E-state index in [0.29, 0.717) is 5.82 Å². The number of nitrogens with one attached hydrogen (secondary N) is 2. The maximum atomic E-state index is 12.1. The molecule has 1 aromatic carbocycles. The molecule has 0 fully saturated rings. The molecule has 0 aliphatic heterocycles. The topological polar surface area (TPSA) is 66.9 Å². The van der Waals surface area contributed by atoms with Crippen molar-refractivity contribution >= 4 is 33.3 Å². The van der Waals surface area contributed by atoms with Gasteiger partial charge in [-0.2, -0.15) is 0 Å². The van der Waals surface area contributed by atoms with E-state index in [2.05, 4.69) is 43.5 Å². The largest absolute Gasteiger partial charge is 0.369 e. The van der Waals surface area contributed by atoms with Crippen molar-refractivity contribution in [3.8, 4) is 0 Å². The molecule has 0 spiro atoms. The van der Waals surface area contributed by atoms with E-state index in [0.717, 1.165) is 28.7 Å². The van der Waals surface area contributed by atoms with Crippen LogP contribution in [0.2, 0.25) is 0 Å². The van der Waals surface area contributed by atoms with E-state index in [1.54, 1.807) is 6.20 Å². The van der Waals surface area contributed by atoms with Crippen LogP contribution in [0.25, 0.3) is 0 Å². The van der Waals surface area contributed by atoms with Crippen molar-refractivity contribution in [2.75, 3.05) is 17.2 Å². The summed E-state index contributed by atoms with van der Waals surface area (Å²) >= 11 is 3.41. The third-order valence-corrected chi connectivity index (χ3v) is 3.50. The lowest BCUT2D eigenvalue weighted by Gasteiger charge is -2.08. The summed E-state index contributed by atoms with van der Waals surface area (Å²) in [6, 6.07) is 5.76. The molecule has 2 aromatic rings. The summed E-state index contributed by atoms with van der Waals surface area (Å²) in [5.41, 5.74) is 2.07. The number of aromatic nitrogens is 2. The number of nitrogens with zero attached hydrogens (tertiary/aromatic N) is 2. The summed E-state index contributed by atoms with van der Waals surface area (Å²) in [5.74, 6) is 0.390. The molecule has 1 heterocycles. The number of aryl methyl sites for hydroxylation is 1. The fourth-order valence-electron chi connectivity index (χ4n) is 1.71. The predicted molar refractivity (Wildman–Crippen MR) is 87.6 cm³/mol. The van der Waals surface area contributed by atoms with Crippen LogP contribution in [0.4, 0.5) is 11.5 Å². The van der Waals surface area contributed by atoms with Gasteiger partial charge < -0.3 is 10.6 Å². The Bertz CT molecular complexity index is 628. The van der Waals surface area contributed by atoms with E-state index in [4.69, 9.17) is 0 Å². The Labute approximate surface area is 132 Å². The highest BCUT2D eigenvalue weighted by Crippen LogP contribution is 2.23. The molecule has 0 aliphatic carbocycles. The minimum Gasteiger partial charge on any atom is -0.369 e. The fourth-order valence-corrected chi connectivity index (χ4v) is 2.06. The summed E-state index contributed by atoms with van der Waals surface area (Å²) in [6.07, 6.45) is 4.04. The lowest BCUT2D eigenvalue weighted by molar-refractivity contribution is 0.102. The first-order valence-electron chi connectivity index (χ1n) is 6.73. The number of anilines is 2. The minimum atomic E-state index is -0.282. The molecule has 5 nitrogen and oxygen atoms in total. The Morgan fingerprint density at radius 1 is 1.29 bits per heavy atom. The summed E-state index contributed by atoms with van der Waals surface area (Å²) in [6.45, 7) is 4.87. The molecular weight excluding hydrogens is 332 g/mol. The highest BCUT2D eigenvalue weighted by molar-refractivity contribution is 9.10. The van der Waals surface area contributed by atoms with Crippen molar-refractivity contribution in [1.29, 1.82) is 0 Å². The van der Waals surface area contributed by atoms with Crippen LogP contribution in [0, 0.1) is 6.92 Å². The van der Waals surface area contributed by atoms with Gasteiger partial charge in [-0.05, 0) is 47.0 Å². The molecule has 110 valence electrons. The van der Waals surface area contributed by atoms with E-state index in [-0.39, 0.29) is 11.6 Å². The van der Waals surface area contributed by atoms with E-state index in [9.17, 15) is 4.79 Å². The van der Waals surface area contributed by atoms with Gasteiger partial charge in [0.15, 0.2) is 0 Å². The predicted octanol–water partition coefficient (Wildman–Crippen LogP) is 3.62. The molecular formula is C15H17BrN4O. The number of benzene rings is 1. The summed E-state index contributed by atoms with van der Waals surface area (Å²) in [4.78, 5) is 20.4. The minimum absolute atomic E-state index is 0.282. The Morgan fingerprint density at radius 2 is 2.10 bits per heavy atom. The smallest absolute Gasteiger partial charge is 0.275 e. The SMILES string of the molecule is CCCNc1cnc(C(=O)Nc2cc(C)ccc2Br)cn1. The number of amides is 1.